The molecule has 0 radical (unpaired) electrons. The number of ether oxygens (including phenoxy) is 1. The molecule has 0 aromatic rings. The first-order chi connectivity index (χ1) is 5.84. The lowest BCUT2D eigenvalue weighted by molar-refractivity contribution is -0.118. The third kappa shape index (κ3) is 2.68. The summed E-state index contributed by atoms with van der Waals surface area (Å²) in [5.74, 6) is 0.784. The molecular weight excluding hydrogens is 152 g/mol. The predicted octanol–water partition coefficient (Wildman–Crippen LogP) is 2.44. The maximum atomic E-state index is 11.3. The average Bonchev–Trinajstić information content (AvgIpc) is 2.56. The number of rotatable bonds is 5. The van der Waals surface area contributed by atoms with Gasteiger partial charge in [0.1, 0.15) is 0 Å². The van der Waals surface area contributed by atoms with Crippen LogP contribution in [0, 0.1) is 0 Å². The summed E-state index contributed by atoms with van der Waals surface area (Å²) in [6.07, 6.45) is 6.74. The third-order valence-corrected chi connectivity index (χ3v) is 1.99. The van der Waals surface area contributed by atoms with E-state index in [1.54, 1.807) is 0 Å². The van der Waals surface area contributed by atoms with Crippen LogP contribution in [0.25, 0.3) is 0 Å². The summed E-state index contributed by atoms with van der Waals surface area (Å²) >= 11 is 0. The van der Waals surface area contributed by atoms with E-state index in [2.05, 4.69) is 6.92 Å². The van der Waals surface area contributed by atoms with Gasteiger partial charge in [-0.1, -0.05) is 19.8 Å². The predicted molar refractivity (Wildman–Crippen MR) is 47.8 cm³/mol. The fourth-order valence-corrected chi connectivity index (χ4v) is 1.27. The molecule has 12 heavy (non-hydrogen) atoms. The van der Waals surface area contributed by atoms with Crippen molar-refractivity contribution in [2.75, 3.05) is 6.61 Å². The molecule has 0 bridgehead atoms. The van der Waals surface area contributed by atoms with Crippen LogP contribution in [0.3, 0.4) is 0 Å². The van der Waals surface area contributed by atoms with Crippen LogP contribution in [0.1, 0.15) is 39.0 Å². The second kappa shape index (κ2) is 4.96. The molecule has 1 aliphatic rings. The summed E-state index contributed by atoms with van der Waals surface area (Å²) in [6.45, 7) is 2.82. The smallest absolute Gasteiger partial charge is 0.197 e. The van der Waals surface area contributed by atoms with Crippen LogP contribution in [-0.2, 0) is 9.53 Å². The average molecular weight is 168 g/mol. The molecule has 0 atom stereocenters. The van der Waals surface area contributed by atoms with Crippen LogP contribution in [0.5, 0.6) is 0 Å². The van der Waals surface area contributed by atoms with E-state index in [4.69, 9.17) is 4.74 Å². The van der Waals surface area contributed by atoms with Gasteiger partial charge in [-0.05, 0) is 12.5 Å². The molecule has 0 fully saturated rings. The standard InChI is InChI=1S/C10H16O2/c1-2-3-4-6-9(11)10-7-5-8-12-10/h7H,2-6,8H2,1H3. The van der Waals surface area contributed by atoms with E-state index in [-0.39, 0.29) is 5.78 Å². The quantitative estimate of drug-likeness (QED) is 0.589. The SMILES string of the molecule is CCCCCC(=O)C1=CCCO1. The summed E-state index contributed by atoms with van der Waals surface area (Å²) in [5, 5.41) is 0. The molecule has 0 spiro atoms. The van der Waals surface area contributed by atoms with Crippen LogP contribution < -0.4 is 0 Å². The Morgan fingerprint density at radius 3 is 3.00 bits per heavy atom. The van der Waals surface area contributed by atoms with Gasteiger partial charge in [0.2, 0.25) is 0 Å². The highest BCUT2D eigenvalue weighted by molar-refractivity contribution is 5.93. The molecule has 0 N–H and O–H groups in total. The van der Waals surface area contributed by atoms with Gasteiger partial charge in [-0.15, -0.1) is 0 Å². The van der Waals surface area contributed by atoms with E-state index in [1.165, 1.54) is 0 Å². The topological polar surface area (TPSA) is 26.3 Å². The molecule has 1 heterocycles. The van der Waals surface area contributed by atoms with Crippen LogP contribution in [-0.4, -0.2) is 12.4 Å². The van der Waals surface area contributed by atoms with Crippen molar-refractivity contribution in [3.05, 3.63) is 11.8 Å². The second-order valence-corrected chi connectivity index (χ2v) is 3.09. The molecule has 0 amide bonds. The first-order valence-electron chi connectivity index (χ1n) is 4.70. The number of hydrogen-bond donors (Lipinski definition) is 0. The maximum absolute atomic E-state index is 11.3. The van der Waals surface area contributed by atoms with Gasteiger partial charge >= 0.3 is 0 Å². The summed E-state index contributed by atoms with van der Waals surface area (Å²) in [6, 6.07) is 0. The number of unbranched alkanes of at least 4 members (excludes halogenated alkanes) is 2. The summed E-state index contributed by atoms with van der Waals surface area (Å²) in [7, 11) is 0. The molecule has 0 saturated carbocycles. The van der Waals surface area contributed by atoms with Crippen LogP contribution in [0.15, 0.2) is 11.8 Å². The zero-order valence-electron chi connectivity index (χ0n) is 7.64. The fourth-order valence-electron chi connectivity index (χ4n) is 1.27. The number of carbonyl (C=O) groups excluding carboxylic acids is 1. The molecule has 0 aromatic carbocycles. The van der Waals surface area contributed by atoms with E-state index >= 15 is 0 Å². The number of Topliss-reactive ketones (excluding diaryl/α,β-unsaturated/α-hetero) is 1. The maximum Gasteiger partial charge on any atom is 0.197 e. The number of hydrogen-bond acceptors (Lipinski definition) is 2. The van der Waals surface area contributed by atoms with Gasteiger partial charge in [0, 0.05) is 12.8 Å². The Labute approximate surface area is 73.6 Å². The summed E-state index contributed by atoms with van der Waals surface area (Å²) in [5.41, 5.74) is 0. The fraction of sp³-hybridized carbons (Fsp3) is 0.700. The minimum atomic E-state index is 0.181. The van der Waals surface area contributed by atoms with Crippen molar-refractivity contribution in [1.29, 1.82) is 0 Å². The molecule has 1 aliphatic heterocycles. The van der Waals surface area contributed by atoms with Crippen LogP contribution >= 0.6 is 0 Å². The molecule has 2 nitrogen and oxygen atoms in total. The van der Waals surface area contributed by atoms with E-state index in [9.17, 15) is 4.79 Å². The van der Waals surface area contributed by atoms with Crippen LogP contribution in [0.4, 0.5) is 0 Å². The Hall–Kier alpha value is -0.790. The highest BCUT2D eigenvalue weighted by Gasteiger charge is 2.13. The molecule has 0 aromatic heterocycles. The van der Waals surface area contributed by atoms with Crippen LogP contribution in [0.2, 0.25) is 0 Å². The lowest BCUT2D eigenvalue weighted by Crippen LogP contribution is -2.02. The molecule has 0 unspecified atom stereocenters. The van der Waals surface area contributed by atoms with Crippen molar-refractivity contribution in [1.82, 2.24) is 0 Å². The van der Waals surface area contributed by atoms with E-state index in [0.717, 1.165) is 25.7 Å². The first-order valence-corrected chi connectivity index (χ1v) is 4.70. The normalized spacial score (nSPS) is 15.6. The van der Waals surface area contributed by atoms with Gasteiger partial charge in [0.25, 0.3) is 0 Å². The Morgan fingerprint density at radius 1 is 1.58 bits per heavy atom. The lowest BCUT2D eigenvalue weighted by Gasteiger charge is -2.01. The van der Waals surface area contributed by atoms with Gasteiger partial charge < -0.3 is 4.74 Å². The van der Waals surface area contributed by atoms with E-state index in [1.807, 2.05) is 6.08 Å². The molecule has 0 aliphatic carbocycles. The number of ketones is 1. The van der Waals surface area contributed by atoms with Crippen molar-refractivity contribution in [2.24, 2.45) is 0 Å². The molecule has 1 rings (SSSR count). The zero-order valence-corrected chi connectivity index (χ0v) is 7.64. The molecule has 2 heteroatoms. The van der Waals surface area contributed by atoms with Gasteiger partial charge in [0.05, 0.1) is 6.61 Å². The monoisotopic (exact) mass is 168 g/mol. The summed E-state index contributed by atoms with van der Waals surface area (Å²) in [4.78, 5) is 11.3. The second-order valence-electron chi connectivity index (χ2n) is 3.09. The van der Waals surface area contributed by atoms with Gasteiger partial charge in [0.15, 0.2) is 11.5 Å². The highest BCUT2D eigenvalue weighted by Crippen LogP contribution is 2.13. The van der Waals surface area contributed by atoms with E-state index < -0.39 is 0 Å². The van der Waals surface area contributed by atoms with Gasteiger partial charge in [-0.3, -0.25) is 4.79 Å². The minimum Gasteiger partial charge on any atom is -0.490 e. The van der Waals surface area contributed by atoms with Crippen molar-refractivity contribution in [3.8, 4) is 0 Å². The van der Waals surface area contributed by atoms with Crippen molar-refractivity contribution in [2.45, 2.75) is 39.0 Å². The van der Waals surface area contributed by atoms with E-state index in [0.29, 0.717) is 18.8 Å². The lowest BCUT2D eigenvalue weighted by atomic mass is 10.1. The minimum absolute atomic E-state index is 0.181. The Morgan fingerprint density at radius 2 is 2.42 bits per heavy atom. The molecule has 0 saturated heterocycles. The third-order valence-electron chi connectivity index (χ3n) is 1.99. The van der Waals surface area contributed by atoms with Gasteiger partial charge in [-0.25, -0.2) is 0 Å². The highest BCUT2D eigenvalue weighted by atomic mass is 16.5. The Balaban J connectivity index is 2.19. The van der Waals surface area contributed by atoms with Crippen molar-refractivity contribution in [3.63, 3.8) is 0 Å². The Kier molecular flexibility index (Phi) is 3.85. The van der Waals surface area contributed by atoms with Crippen molar-refractivity contribution < 1.29 is 9.53 Å². The largest absolute Gasteiger partial charge is 0.490 e. The molecular formula is C10H16O2. The molecule has 68 valence electrons. The van der Waals surface area contributed by atoms with Crippen molar-refractivity contribution >= 4 is 5.78 Å². The number of carbonyl (C=O) groups is 1. The summed E-state index contributed by atoms with van der Waals surface area (Å²) < 4.78 is 5.16. The Bertz CT molecular complexity index is 182. The first kappa shape index (κ1) is 9.30. The zero-order chi connectivity index (χ0) is 8.81. The van der Waals surface area contributed by atoms with Gasteiger partial charge in [-0.2, -0.15) is 0 Å². The number of allylic oxidation sites excluding steroid dienone is 1.